The summed E-state index contributed by atoms with van der Waals surface area (Å²) in [6, 6.07) is 4.06. The summed E-state index contributed by atoms with van der Waals surface area (Å²) in [6.45, 7) is 1.86. The molecule has 0 spiro atoms. The minimum absolute atomic E-state index is 0.166. The smallest absolute Gasteiger partial charge is 0.182 e. The lowest BCUT2D eigenvalue weighted by Gasteiger charge is -2.21. The fourth-order valence-corrected chi connectivity index (χ4v) is 4.03. The number of rotatable bonds is 5. The summed E-state index contributed by atoms with van der Waals surface area (Å²) in [5.41, 5.74) is 1.72. The molecule has 6 nitrogen and oxygen atoms in total. The zero-order valence-corrected chi connectivity index (χ0v) is 15.5. The number of fused-ring (bicyclic) bond motifs is 1. The molecule has 2 N–H and O–H groups in total. The monoisotopic (exact) mass is 367 g/mol. The van der Waals surface area contributed by atoms with Crippen molar-refractivity contribution in [1.29, 1.82) is 0 Å². The predicted molar refractivity (Wildman–Crippen MR) is 104 cm³/mol. The number of pyridine rings is 2. The molecular weight excluding hydrogens is 346 g/mol. The first-order valence-electron chi connectivity index (χ1n) is 8.85. The van der Waals surface area contributed by atoms with Crippen molar-refractivity contribution in [2.75, 3.05) is 25.5 Å². The van der Waals surface area contributed by atoms with Crippen molar-refractivity contribution in [3.63, 3.8) is 0 Å². The molecule has 3 aromatic rings. The van der Waals surface area contributed by atoms with Gasteiger partial charge in [0.15, 0.2) is 5.13 Å². The van der Waals surface area contributed by atoms with Crippen LogP contribution in [0.4, 0.5) is 5.13 Å². The Morgan fingerprint density at radius 1 is 1.15 bits per heavy atom. The molecule has 0 aliphatic carbocycles. The summed E-state index contributed by atoms with van der Waals surface area (Å²) in [5, 5.41) is 9.24. The van der Waals surface area contributed by atoms with E-state index in [1.807, 2.05) is 37.8 Å². The predicted octanol–water partition coefficient (Wildman–Crippen LogP) is 2.91. The topological polar surface area (TPSA) is 79.8 Å². The van der Waals surface area contributed by atoms with Crippen LogP contribution in [0.15, 0.2) is 30.7 Å². The fourth-order valence-electron chi connectivity index (χ4n) is 3.29. The summed E-state index contributed by atoms with van der Waals surface area (Å²) in [6.07, 6.45) is 7.73. The quantitative estimate of drug-likeness (QED) is 0.722. The molecular formula is C19H21N5OS. The molecule has 1 saturated heterocycles. The van der Waals surface area contributed by atoms with Crippen molar-refractivity contribution < 1.29 is 4.79 Å². The molecule has 0 amide bonds. The Kier molecular flexibility index (Phi) is 4.90. The Morgan fingerprint density at radius 3 is 2.73 bits per heavy atom. The van der Waals surface area contributed by atoms with Gasteiger partial charge in [0.25, 0.3) is 0 Å². The third-order valence-electron chi connectivity index (χ3n) is 4.78. The van der Waals surface area contributed by atoms with Crippen LogP contribution in [0, 0.1) is 5.92 Å². The lowest BCUT2D eigenvalue weighted by atomic mass is 9.91. The van der Waals surface area contributed by atoms with E-state index in [4.69, 9.17) is 0 Å². The van der Waals surface area contributed by atoms with Crippen LogP contribution in [0.25, 0.3) is 21.3 Å². The second-order valence-electron chi connectivity index (χ2n) is 6.54. The van der Waals surface area contributed by atoms with Crippen LogP contribution in [-0.4, -0.2) is 40.9 Å². The largest absolute Gasteiger partial charge is 0.365 e. The van der Waals surface area contributed by atoms with Crippen LogP contribution in [0.5, 0.6) is 0 Å². The molecule has 4 rings (SSSR count). The van der Waals surface area contributed by atoms with Gasteiger partial charge >= 0.3 is 0 Å². The number of hydrogen-bond donors (Lipinski definition) is 2. The third-order valence-corrected chi connectivity index (χ3v) is 5.82. The zero-order valence-electron chi connectivity index (χ0n) is 14.7. The van der Waals surface area contributed by atoms with Gasteiger partial charge in [-0.15, -0.1) is 0 Å². The normalized spacial score (nSPS) is 15.3. The first-order valence-corrected chi connectivity index (χ1v) is 9.66. The Morgan fingerprint density at radius 2 is 1.96 bits per heavy atom. The van der Waals surface area contributed by atoms with Gasteiger partial charge in [-0.2, -0.15) is 0 Å². The van der Waals surface area contributed by atoms with E-state index in [2.05, 4.69) is 25.6 Å². The molecule has 0 saturated carbocycles. The van der Waals surface area contributed by atoms with Crippen molar-refractivity contribution in [1.82, 2.24) is 20.3 Å². The van der Waals surface area contributed by atoms with Crippen molar-refractivity contribution in [2.45, 2.75) is 19.3 Å². The molecule has 0 atom stereocenters. The van der Waals surface area contributed by atoms with Crippen LogP contribution < -0.4 is 10.6 Å². The van der Waals surface area contributed by atoms with Gasteiger partial charge in [0.2, 0.25) is 0 Å². The zero-order chi connectivity index (χ0) is 17.9. The van der Waals surface area contributed by atoms with E-state index in [-0.39, 0.29) is 5.92 Å². The number of nitrogens with one attached hydrogen (secondary N) is 2. The van der Waals surface area contributed by atoms with Crippen LogP contribution >= 0.6 is 11.3 Å². The average Bonchev–Trinajstić information content (AvgIpc) is 3.17. The number of carbonyl (C=O) groups is 1. The Balaban J connectivity index is 1.58. The summed E-state index contributed by atoms with van der Waals surface area (Å²) < 4.78 is 0. The van der Waals surface area contributed by atoms with Gasteiger partial charge in [-0.25, -0.2) is 4.98 Å². The highest BCUT2D eigenvalue weighted by atomic mass is 32.1. The van der Waals surface area contributed by atoms with Crippen LogP contribution in [0.3, 0.4) is 0 Å². The first-order chi connectivity index (χ1) is 12.7. The summed E-state index contributed by atoms with van der Waals surface area (Å²) in [4.78, 5) is 26.8. The molecule has 1 fully saturated rings. The van der Waals surface area contributed by atoms with Crippen LogP contribution in [0.2, 0.25) is 0 Å². The number of thiazole rings is 1. The maximum absolute atomic E-state index is 12.5. The molecule has 0 unspecified atom stereocenters. The number of Topliss-reactive ketones (excluding diaryl/α,β-unsaturated/α-hetero) is 1. The van der Waals surface area contributed by atoms with Gasteiger partial charge in [-0.3, -0.25) is 14.8 Å². The number of nitrogens with zero attached hydrogens (tertiary/aromatic N) is 3. The number of ketones is 1. The third kappa shape index (κ3) is 3.59. The molecule has 0 bridgehead atoms. The van der Waals surface area contributed by atoms with Gasteiger partial charge in [0.05, 0.1) is 10.6 Å². The number of aromatic nitrogens is 3. The highest BCUT2D eigenvalue weighted by Gasteiger charge is 2.21. The van der Waals surface area contributed by atoms with Gasteiger partial charge < -0.3 is 10.6 Å². The number of carbonyl (C=O) groups excluding carboxylic acids is 1. The fraction of sp³-hybridized carbons (Fsp3) is 0.368. The second-order valence-corrected chi connectivity index (χ2v) is 7.57. The second kappa shape index (κ2) is 7.47. The molecule has 0 radical (unpaired) electrons. The summed E-state index contributed by atoms with van der Waals surface area (Å²) >= 11 is 1.57. The Labute approximate surface area is 156 Å². The summed E-state index contributed by atoms with van der Waals surface area (Å²) in [5.74, 6) is 0.465. The highest BCUT2D eigenvalue weighted by Crippen LogP contribution is 2.29. The molecule has 7 heteroatoms. The molecule has 134 valence electrons. The number of piperidine rings is 1. The maximum atomic E-state index is 12.5. The molecule has 3 aromatic heterocycles. The van der Waals surface area contributed by atoms with Crippen molar-refractivity contribution in [3.05, 3.63) is 36.4 Å². The van der Waals surface area contributed by atoms with Crippen molar-refractivity contribution in [3.8, 4) is 10.6 Å². The van der Waals surface area contributed by atoms with Crippen molar-refractivity contribution >= 4 is 33.0 Å². The van der Waals surface area contributed by atoms with E-state index in [9.17, 15) is 4.79 Å². The lowest BCUT2D eigenvalue weighted by Crippen LogP contribution is -2.32. The van der Waals surface area contributed by atoms with Gasteiger partial charge in [0, 0.05) is 49.1 Å². The van der Waals surface area contributed by atoms with Crippen molar-refractivity contribution in [2.24, 2.45) is 5.92 Å². The summed E-state index contributed by atoms with van der Waals surface area (Å²) in [7, 11) is 1.85. The number of hydrogen-bond acceptors (Lipinski definition) is 7. The molecule has 1 aliphatic heterocycles. The average molecular weight is 367 g/mol. The van der Waals surface area contributed by atoms with Crippen LogP contribution in [-0.2, 0) is 11.2 Å². The van der Waals surface area contributed by atoms with Gasteiger partial charge in [-0.05, 0) is 43.5 Å². The molecule has 1 aliphatic rings. The van der Waals surface area contributed by atoms with Crippen LogP contribution in [0.1, 0.15) is 18.5 Å². The SMILES string of the molecule is CNc1ncc(-c2cc3cc(CC(=O)C4CCNCC4)ncc3cn2)s1. The van der Waals surface area contributed by atoms with Gasteiger partial charge in [-0.1, -0.05) is 11.3 Å². The Hall–Kier alpha value is -2.38. The van der Waals surface area contributed by atoms with E-state index >= 15 is 0 Å². The van der Waals surface area contributed by atoms with E-state index in [0.717, 1.165) is 58.1 Å². The minimum atomic E-state index is 0.166. The van der Waals surface area contributed by atoms with E-state index in [1.54, 1.807) is 11.3 Å². The Bertz CT molecular complexity index is 933. The first kappa shape index (κ1) is 17.1. The molecule has 26 heavy (non-hydrogen) atoms. The standard InChI is InChI=1S/C19H21N5OS/c1-20-19-24-11-18(26-19)16-7-13-6-15(22-9-14(13)10-23-16)8-17(25)12-2-4-21-5-3-12/h6-7,9-12,21H,2-5,8H2,1H3,(H,20,24). The van der Waals surface area contributed by atoms with E-state index < -0.39 is 0 Å². The molecule has 4 heterocycles. The highest BCUT2D eigenvalue weighted by molar-refractivity contribution is 7.18. The van der Waals surface area contributed by atoms with E-state index in [1.165, 1.54) is 0 Å². The molecule has 0 aromatic carbocycles. The maximum Gasteiger partial charge on any atom is 0.182 e. The van der Waals surface area contributed by atoms with Gasteiger partial charge in [0.1, 0.15) is 5.78 Å². The number of anilines is 1. The van der Waals surface area contributed by atoms with E-state index in [0.29, 0.717) is 12.2 Å². The minimum Gasteiger partial charge on any atom is -0.365 e. The lowest BCUT2D eigenvalue weighted by molar-refractivity contribution is -0.123.